The fourth-order valence-corrected chi connectivity index (χ4v) is 4.01. The summed E-state index contributed by atoms with van der Waals surface area (Å²) in [5.41, 5.74) is 0.740. The summed E-state index contributed by atoms with van der Waals surface area (Å²) in [6, 6.07) is 15.2. The van der Waals surface area contributed by atoms with Crippen LogP contribution in [0.2, 0.25) is 0 Å². The van der Waals surface area contributed by atoms with Crippen molar-refractivity contribution in [2.45, 2.75) is 6.54 Å². The smallest absolute Gasteiger partial charge is 0.278 e. The van der Waals surface area contributed by atoms with Crippen LogP contribution in [-0.2, 0) is 6.54 Å². The third-order valence-corrected chi connectivity index (χ3v) is 5.55. The molecule has 7 heteroatoms. The van der Waals surface area contributed by atoms with Crippen LogP contribution in [0, 0.1) is 0 Å². The van der Waals surface area contributed by atoms with Crippen LogP contribution >= 0.6 is 22.7 Å². The average molecular weight is 353 g/mol. The molecule has 4 rings (SSSR count). The maximum absolute atomic E-state index is 12.6. The van der Waals surface area contributed by atoms with Crippen molar-refractivity contribution in [1.82, 2.24) is 15.0 Å². The Labute approximate surface area is 144 Å². The summed E-state index contributed by atoms with van der Waals surface area (Å²) < 4.78 is 1.13. The van der Waals surface area contributed by atoms with E-state index in [2.05, 4.69) is 10.3 Å². The molecule has 3 heterocycles. The number of hydrogen-bond acceptors (Lipinski definition) is 6. The summed E-state index contributed by atoms with van der Waals surface area (Å²) in [6.45, 7) is -0.0984. The second-order valence-corrected chi connectivity index (χ2v) is 7.13. The van der Waals surface area contributed by atoms with Gasteiger partial charge in [0, 0.05) is 4.88 Å². The average Bonchev–Trinajstić information content (AvgIpc) is 3.28. The van der Waals surface area contributed by atoms with E-state index < -0.39 is 0 Å². The molecule has 0 unspecified atom stereocenters. The Morgan fingerprint density at radius 3 is 2.71 bits per heavy atom. The molecular formula is C17H11N3O2S2. The number of thiophene rings is 2. The van der Waals surface area contributed by atoms with Crippen LogP contribution < -0.4 is 5.56 Å². The number of nitrogens with zero attached hydrogens (tertiary/aromatic N) is 3. The molecule has 0 spiro atoms. The zero-order valence-corrected chi connectivity index (χ0v) is 14.0. The van der Waals surface area contributed by atoms with Crippen LogP contribution in [0.25, 0.3) is 20.7 Å². The first-order valence-corrected chi connectivity index (χ1v) is 8.91. The van der Waals surface area contributed by atoms with Crippen LogP contribution in [0.5, 0.6) is 0 Å². The van der Waals surface area contributed by atoms with Crippen molar-refractivity contribution < 1.29 is 4.79 Å². The third kappa shape index (κ3) is 2.68. The summed E-state index contributed by atoms with van der Waals surface area (Å²) in [5.74, 6) is -0.140. The lowest BCUT2D eigenvalue weighted by Crippen LogP contribution is -2.27. The molecule has 0 saturated carbocycles. The van der Waals surface area contributed by atoms with Crippen LogP contribution in [0.3, 0.4) is 0 Å². The molecule has 24 heavy (non-hydrogen) atoms. The standard InChI is InChI=1S/C17H11N3O2S2/c21-13(14-7-4-8-23-14)10-20-17(22)12-9-15(24-16(12)18-19-20)11-5-2-1-3-6-11/h1-9H,10H2. The molecular weight excluding hydrogens is 342 g/mol. The van der Waals surface area contributed by atoms with Crippen LogP contribution in [-0.4, -0.2) is 20.8 Å². The quantitative estimate of drug-likeness (QED) is 0.527. The zero-order valence-electron chi connectivity index (χ0n) is 12.4. The van der Waals surface area contributed by atoms with Gasteiger partial charge in [-0.2, -0.15) is 0 Å². The van der Waals surface area contributed by atoms with Crippen molar-refractivity contribution in [3.05, 3.63) is 69.1 Å². The van der Waals surface area contributed by atoms with Crippen molar-refractivity contribution in [2.75, 3.05) is 0 Å². The van der Waals surface area contributed by atoms with Gasteiger partial charge in [0.2, 0.25) is 0 Å². The molecule has 3 aromatic heterocycles. The van der Waals surface area contributed by atoms with E-state index in [4.69, 9.17) is 0 Å². The molecule has 0 aliphatic heterocycles. The van der Waals surface area contributed by atoms with Gasteiger partial charge in [-0.1, -0.05) is 41.6 Å². The zero-order chi connectivity index (χ0) is 16.5. The summed E-state index contributed by atoms with van der Waals surface area (Å²) in [4.78, 5) is 26.9. The molecule has 0 N–H and O–H groups in total. The maximum atomic E-state index is 12.6. The van der Waals surface area contributed by atoms with Crippen molar-refractivity contribution in [3.63, 3.8) is 0 Å². The van der Waals surface area contributed by atoms with Gasteiger partial charge in [0.15, 0.2) is 10.6 Å². The van der Waals surface area contributed by atoms with Crippen molar-refractivity contribution in [2.24, 2.45) is 0 Å². The van der Waals surface area contributed by atoms with Crippen molar-refractivity contribution in [3.8, 4) is 10.4 Å². The molecule has 0 saturated heterocycles. The molecule has 0 aliphatic rings. The Hall–Kier alpha value is -2.64. The summed E-state index contributed by atoms with van der Waals surface area (Å²) in [6.07, 6.45) is 0. The summed E-state index contributed by atoms with van der Waals surface area (Å²) in [7, 11) is 0. The van der Waals surface area contributed by atoms with E-state index in [1.165, 1.54) is 22.7 Å². The monoisotopic (exact) mass is 353 g/mol. The Balaban J connectivity index is 1.73. The van der Waals surface area contributed by atoms with E-state index in [0.717, 1.165) is 15.1 Å². The van der Waals surface area contributed by atoms with Gasteiger partial charge in [0.25, 0.3) is 5.56 Å². The normalized spacial score (nSPS) is 11.0. The minimum atomic E-state index is -0.289. The Morgan fingerprint density at radius 1 is 1.12 bits per heavy atom. The van der Waals surface area contributed by atoms with Gasteiger partial charge in [-0.05, 0) is 23.1 Å². The van der Waals surface area contributed by atoms with Gasteiger partial charge in [0.05, 0.1) is 10.3 Å². The van der Waals surface area contributed by atoms with Gasteiger partial charge in [-0.15, -0.1) is 27.8 Å². The number of carbonyl (C=O) groups excluding carboxylic acids is 1. The highest BCUT2D eigenvalue weighted by Gasteiger charge is 2.14. The number of benzene rings is 1. The molecule has 118 valence electrons. The highest BCUT2D eigenvalue weighted by molar-refractivity contribution is 7.21. The molecule has 0 atom stereocenters. The highest BCUT2D eigenvalue weighted by atomic mass is 32.1. The SMILES string of the molecule is O=C(Cn1nnc2sc(-c3ccccc3)cc2c1=O)c1cccs1. The van der Waals surface area contributed by atoms with Crippen LogP contribution in [0.15, 0.2) is 58.7 Å². The molecule has 0 fully saturated rings. The molecule has 5 nitrogen and oxygen atoms in total. The first-order chi connectivity index (χ1) is 11.7. The lowest BCUT2D eigenvalue weighted by atomic mass is 10.2. The van der Waals surface area contributed by atoms with Gasteiger partial charge >= 0.3 is 0 Å². The highest BCUT2D eigenvalue weighted by Crippen LogP contribution is 2.30. The van der Waals surface area contributed by atoms with E-state index in [9.17, 15) is 9.59 Å². The van der Waals surface area contributed by atoms with Crippen molar-refractivity contribution in [1.29, 1.82) is 0 Å². The fourth-order valence-electron chi connectivity index (χ4n) is 2.38. The van der Waals surface area contributed by atoms with E-state index >= 15 is 0 Å². The summed E-state index contributed by atoms with van der Waals surface area (Å²) >= 11 is 2.77. The maximum Gasteiger partial charge on any atom is 0.278 e. The van der Waals surface area contributed by atoms with Gasteiger partial charge in [0.1, 0.15) is 6.54 Å². The largest absolute Gasteiger partial charge is 0.291 e. The second-order valence-electron chi connectivity index (χ2n) is 5.15. The number of hydrogen-bond donors (Lipinski definition) is 0. The number of Topliss-reactive ketones (excluding diaryl/α,β-unsaturated/α-hetero) is 1. The van der Waals surface area contributed by atoms with Crippen LogP contribution in [0.1, 0.15) is 9.67 Å². The van der Waals surface area contributed by atoms with Gasteiger partial charge < -0.3 is 0 Å². The Bertz CT molecular complexity index is 1070. The first-order valence-electron chi connectivity index (χ1n) is 7.22. The Morgan fingerprint density at radius 2 is 1.96 bits per heavy atom. The molecule has 0 amide bonds. The predicted molar refractivity (Wildman–Crippen MR) is 95.8 cm³/mol. The van der Waals surface area contributed by atoms with Gasteiger partial charge in [-0.25, -0.2) is 4.68 Å². The first kappa shape index (κ1) is 14.9. The molecule has 4 aromatic rings. The van der Waals surface area contributed by atoms with Gasteiger partial charge in [-0.3, -0.25) is 9.59 Å². The number of rotatable bonds is 4. The summed E-state index contributed by atoms with van der Waals surface area (Å²) in [5, 5.41) is 10.3. The second kappa shape index (κ2) is 6.10. The minimum Gasteiger partial charge on any atom is -0.291 e. The number of aromatic nitrogens is 3. The molecule has 0 aliphatic carbocycles. The van der Waals surface area contributed by atoms with Crippen molar-refractivity contribution >= 4 is 38.7 Å². The van der Waals surface area contributed by atoms with E-state index in [-0.39, 0.29) is 17.9 Å². The molecule has 0 bridgehead atoms. The number of fused-ring (bicyclic) bond motifs is 1. The minimum absolute atomic E-state index is 0.0984. The Kier molecular flexibility index (Phi) is 3.79. The molecule has 1 aromatic carbocycles. The fraction of sp³-hybridized carbons (Fsp3) is 0.0588. The number of carbonyl (C=O) groups is 1. The third-order valence-electron chi connectivity index (χ3n) is 3.57. The van der Waals surface area contributed by atoms with E-state index in [1.807, 2.05) is 41.8 Å². The van der Waals surface area contributed by atoms with Crippen LogP contribution in [0.4, 0.5) is 0 Å². The van der Waals surface area contributed by atoms with E-state index in [1.54, 1.807) is 12.1 Å². The number of ketones is 1. The molecule has 0 radical (unpaired) electrons. The van der Waals surface area contributed by atoms with E-state index in [0.29, 0.717) is 15.1 Å². The topological polar surface area (TPSA) is 64.8 Å². The predicted octanol–water partition coefficient (Wildman–Crippen LogP) is 3.46. The lowest BCUT2D eigenvalue weighted by molar-refractivity contribution is 0.0968. The lowest BCUT2D eigenvalue weighted by Gasteiger charge is -2.00.